The highest BCUT2D eigenvalue weighted by Gasteiger charge is 2.47. The van der Waals surface area contributed by atoms with E-state index in [1.807, 2.05) is 0 Å². The van der Waals surface area contributed by atoms with E-state index in [1.165, 1.54) is 11.4 Å². The van der Waals surface area contributed by atoms with E-state index in [2.05, 4.69) is 0 Å². The van der Waals surface area contributed by atoms with E-state index in [0.717, 1.165) is 12.8 Å². The van der Waals surface area contributed by atoms with Crippen LogP contribution in [0.25, 0.3) is 0 Å². The van der Waals surface area contributed by atoms with Crippen molar-refractivity contribution in [1.82, 2.24) is 4.31 Å². The maximum absolute atomic E-state index is 13.1. The molecule has 7 nitrogen and oxygen atoms in total. The van der Waals surface area contributed by atoms with Gasteiger partial charge in [0.15, 0.2) is 0 Å². The van der Waals surface area contributed by atoms with Crippen LogP contribution in [0.4, 0.5) is 0 Å². The normalized spacial score (nSPS) is 28.1. The molecule has 0 bridgehead atoms. The van der Waals surface area contributed by atoms with Crippen molar-refractivity contribution in [3.63, 3.8) is 0 Å². The van der Waals surface area contributed by atoms with Gasteiger partial charge in [0, 0.05) is 19.1 Å². The first-order valence-corrected chi connectivity index (χ1v) is 9.15. The minimum atomic E-state index is -3.82. The summed E-state index contributed by atoms with van der Waals surface area (Å²) < 4.78 is 37.7. The van der Waals surface area contributed by atoms with Gasteiger partial charge in [-0.3, -0.25) is 0 Å². The molecule has 2 heterocycles. The van der Waals surface area contributed by atoms with E-state index in [1.54, 1.807) is 13.8 Å². The Morgan fingerprint density at radius 1 is 1.26 bits per heavy atom. The highest BCUT2D eigenvalue weighted by molar-refractivity contribution is 7.89. The number of fused-ring (bicyclic) bond motifs is 1. The summed E-state index contributed by atoms with van der Waals surface area (Å²) >= 11 is 0. The van der Waals surface area contributed by atoms with Crippen molar-refractivity contribution in [2.75, 3.05) is 20.2 Å². The maximum Gasteiger partial charge on any atom is 0.342 e. The summed E-state index contributed by atoms with van der Waals surface area (Å²) in [6.45, 7) is 3.96. The number of hydrogen-bond donors (Lipinski definition) is 1. The van der Waals surface area contributed by atoms with Crippen molar-refractivity contribution >= 4 is 16.0 Å². The third-order valence-corrected chi connectivity index (χ3v) is 7.06. The number of aryl methyl sites for hydroxylation is 2. The van der Waals surface area contributed by atoms with E-state index >= 15 is 0 Å². The Morgan fingerprint density at radius 3 is 2.57 bits per heavy atom. The Kier molecular flexibility index (Phi) is 4.02. The summed E-state index contributed by atoms with van der Waals surface area (Å²) in [7, 11) is -2.59. The number of methoxy groups -OCH3 is 1. The summed E-state index contributed by atoms with van der Waals surface area (Å²) in [5, 5.41) is 0. The summed E-state index contributed by atoms with van der Waals surface area (Å²) in [5.74, 6) is 0.261. The Bertz CT molecular complexity index is 739. The summed E-state index contributed by atoms with van der Waals surface area (Å²) in [6, 6.07) is 0.0486. The number of carbonyl (C=O) groups excluding carboxylic acids is 1. The van der Waals surface area contributed by atoms with Gasteiger partial charge >= 0.3 is 5.97 Å². The van der Waals surface area contributed by atoms with Gasteiger partial charge in [-0.2, -0.15) is 4.31 Å². The zero-order valence-corrected chi connectivity index (χ0v) is 14.4. The van der Waals surface area contributed by atoms with E-state index < -0.39 is 16.0 Å². The molecule has 3 atom stereocenters. The summed E-state index contributed by atoms with van der Waals surface area (Å²) in [6.07, 6.45) is 1.89. The quantitative estimate of drug-likeness (QED) is 0.823. The highest BCUT2D eigenvalue weighted by atomic mass is 32.2. The van der Waals surface area contributed by atoms with Crippen molar-refractivity contribution in [1.29, 1.82) is 0 Å². The predicted molar refractivity (Wildman–Crippen MR) is 82.5 cm³/mol. The van der Waals surface area contributed by atoms with Crippen LogP contribution in [0.15, 0.2) is 9.31 Å². The van der Waals surface area contributed by atoms with Crippen molar-refractivity contribution < 1.29 is 22.4 Å². The Hall–Kier alpha value is -1.38. The molecular weight excluding hydrogens is 320 g/mol. The Labute approximate surface area is 135 Å². The van der Waals surface area contributed by atoms with Gasteiger partial charge in [0.1, 0.15) is 22.0 Å². The lowest BCUT2D eigenvalue weighted by molar-refractivity contribution is 0.0594. The number of esters is 1. The second-order valence-corrected chi connectivity index (χ2v) is 8.27. The van der Waals surface area contributed by atoms with Gasteiger partial charge in [0.25, 0.3) is 0 Å². The van der Waals surface area contributed by atoms with Crippen LogP contribution in [0.3, 0.4) is 0 Å². The molecule has 0 radical (unpaired) electrons. The first-order valence-electron chi connectivity index (χ1n) is 7.71. The van der Waals surface area contributed by atoms with E-state index in [0.29, 0.717) is 19.0 Å². The van der Waals surface area contributed by atoms with E-state index in [-0.39, 0.29) is 33.9 Å². The molecule has 0 amide bonds. The zero-order chi connectivity index (χ0) is 16.9. The molecule has 1 aliphatic heterocycles. The summed E-state index contributed by atoms with van der Waals surface area (Å²) in [4.78, 5) is 11.9. The Balaban J connectivity index is 2.00. The molecule has 1 saturated carbocycles. The number of nitrogens with zero attached hydrogens (tertiary/aromatic N) is 1. The molecule has 3 unspecified atom stereocenters. The maximum atomic E-state index is 13.1. The number of sulfonamides is 1. The molecule has 2 aliphatic rings. The van der Waals surface area contributed by atoms with Gasteiger partial charge in [-0.1, -0.05) is 0 Å². The van der Waals surface area contributed by atoms with Crippen LogP contribution in [-0.4, -0.2) is 44.9 Å². The van der Waals surface area contributed by atoms with Gasteiger partial charge < -0.3 is 14.9 Å². The van der Waals surface area contributed by atoms with Crippen molar-refractivity contribution in [2.45, 2.75) is 37.6 Å². The molecule has 1 aromatic rings. The van der Waals surface area contributed by atoms with Gasteiger partial charge in [0.2, 0.25) is 10.0 Å². The smallest absolute Gasteiger partial charge is 0.342 e. The number of hydrogen-bond acceptors (Lipinski definition) is 6. The minimum Gasteiger partial charge on any atom is -0.465 e. The van der Waals surface area contributed by atoms with Crippen LogP contribution in [-0.2, 0) is 14.8 Å². The molecule has 8 heteroatoms. The molecule has 0 aromatic carbocycles. The third kappa shape index (κ3) is 2.49. The second kappa shape index (κ2) is 5.61. The first kappa shape index (κ1) is 16.5. The number of carbonyl (C=O) groups is 1. The average molecular weight is 342 g/mol. The Morgan fingerprint density at radius 2 is 1.96 bits per heavy atom. The lowest BCUT2D eigenvalue weighted by atomic mass is 9.98. The molecule has 0 spiro atoms. The molecule has 128 valence electrons. The number of nitrogens with two attached hydrogens (primary N) is 1. The fraction of sp³-hybridized carbons (Fsp3) is 0.667. The molecular formula is C15H22N2O5S. The molecule has 2 N–H and O–H groups in total. The number of rotatable bonds is 3. The third-order valence-electron chi connectivity index (χ3n) is 5.07. The molecule has 1 aromatic heterocycles. The van der Waals surface area contributed by atoms with Crippen LogP contribution in [0.2, 0.25) is 0 Å². The number of furan rings is 1. The van der Waals surface area contributed by atoms with Crippen LogP contribution in [0.5, 0.6) is 0 Å². The standard InChI is InChI=1S/C15H22N2O5S/c1-8-13(15(18)21-3)14(9(2)22-8)23(19,20)17-6-10-4-5-12(16)11(10)7-17/h10-12H,4-7,16H2,1-3H3. The SMILES string of the molecule is COC(=O)c1c(C)oc(C)c1S(=O)(=O)N1CC2CCC(N)C2C1. The van der Waals surface area contributed by atoms with Gasteiger partial charge in [-0.05, 0) is 38.5 Å². The van der Waals surface area contributed by atoms with Crippen molar-refractivity contribution in [3.8, 4) is 0 Å². The molecule has 1 aliphatic carbocycles. The fourth-order valence-corrected chi connectivity index (χ4v) is 5.81. The predicted octanol–water partition coefficient (Wildman–Crippen LogP) is 1.04. The van der Waals surface area contributed by atoms with Crippen LogP contribution < -0.4 is 5.73 Å². The van der Waals surface area contributed by atoms with Crippen LogP contribution in [0.1, 0.15) is 34.7 Å². The highest BCUT2D eigenvalue weighted by Crippen LogP contribution is 2.40. The molecule has 3 rings (SSSR count). The molecule has 1 saturated heterocycles. The lowest BCUT2D eigenvalue weighted by Gasteiger charge is -2.18. The van der Waals surface area contributed by atoms with E-state index in [9.17, 15) is 13.2 Å². The second-order valence-electron chi connectivity index (χ2n) is 6.40. The average Bonchev–Trinajstić information content (AvgIpc) is 3.13. The van der Waals surface area contributed by atoms with Crippen LogP contribution >= 0.6 is 0 Å². The molecule has 2 fully saturated rings. The zero-order valence-electron chi connectivity index (χ0n) is 13.5. The van der Waals surface area contributed by atoms with Crippen molar-refractivity contribution in [2.24, 2.45) is 17.6 Å². The van der Waals surface area contributed by atoms with Gasteiger partial charge in [0.05, 0.1) is 7.11 Å². The first-order chi connectivity index (χ1) is 10.8. The largest absolute Gasteiger partial charge is 0.465 e. The lowest BCUT2D eigenvalue weighted by Crippen LogP contribution is -2.34. The summed E-state index contributed by atoms with van der Waals surface area (Å²) in [5.41, 5.74) is 6.08. The van der Waals surface area contributed by atoms with Gasteiger partial charge in [-0.15, -0.1) is 0 Å². The fourth-order valence-electron chi connectivity index (χ4n) is 3.90. The van der Waals surface area contributed by atoms with Gasteiger partial charge in [-0.25, -0.2) is 13.2 Å². The molecule has 23 heavy (non-hydrogen) atoms. The monoisotopic (exact) mass is 342 g/mol. The topological polar surface area (TPSA) is 103 Å². The van der Waals surface area contributed by atoms with Crippen molar-refractivity contribution in [3.05, 3.63) is 17.1 Å². The number of ether oxygens (including phenoxy) is 1. The van der Waals surface area contributed by atoms with Crippen LogP contribution in [0, 0.1) is 25.7 Å². The van der Waals surface area contributed by atoms with E-state index in [4.69, 9.17) is 14.9 Å². The minimum absolute atomic E-state index is 0.00800.